The highest BCUT2D eigenvalue weighted by molar-refractivity contribution is 14.0. The molecular weight excluding hydrogens is 425 g/mol. The van der Waals surface area contributed by atoms with Crippen LogP contribution < -0.4 is 5.73 Å². The predicted molar refractivity (Wildman–Crippen MR) is 107 cm³/mol. The van der Waals surface area contributed by atoms with Gasteiger partial charge in [-0.1, -0.05) is 23.7 Å². The van der Waals surface area contributed by atoms with E-state index in [4.69, 9.17) is 17.3 Å². The third kappa shape index (κ3) is 5.39. The maximum Gasteiger partial charge on any atom is 0.191 e. The van der Waals surface area contributed by atoms with Crippen molar-refractivity contribution in [2.24, 2.45) is 10.7 Å². The molecule has 0 aliphatic heterocycles. The second-order valence-corrected chi connectivity index (χ2v) is 5.36. The van der Waals surface area contributed by atoms with E-state index in [0.29, 0.717) is 17.5 Å². The Morgan fingerprint density at radius 2 is 1.96 bits per heavy atom. The molecule has 1 aromatic heterocycles. The van der Waals surface area contributed by atoms with Gasteiger partial charge in [0, 0.05) is 30.5 Å². The largest absolute Gasteiger partial charge is 0.370 e. The lowest BCUT2D eigenvalue weighted by atomic mass is 10.1. The van der Waals surface area contributed by atoms with Crippen LogP contribution >= 0.6 is 35.6 Å². The van der Waals surface area contributed by atoms with Gasteiger partial charge in [0.15, 0.2) is 5.96 Å². The fourth-order valence-electron chi connectivity index (χ4n) is 2.32. The number of halogens is 2. The molecule has 5 nitrogen and oxygen atoms in total. The Labute approximate surface area is 159 Å². The fraction of sp³-hybridized carbons (Fsp3) is 0.375. The first-order valence-corrected chi connectivity index (χ1v) is 7.83. The summed E-state index contributed by atoms with van der Waals surface area (Å²) in [6.45, 7) is 6.36. The smallest absolute Gasteiger partial charge is 0.191 e. The van der Waals surface area contributed by atoms with Crippen LogP contribution in [0.15, 0.2) is 47.7 Å². The number of guanidine groups is 1. The zero-order valence-electron chi connectivity index (χ0n) is 13.4. The van der Waals surface area contributed by atoms with Gasteiger partial charge in [-0.2, -0.15) is 5.10 Å². The van der Waals surface area contributed by atoms with Crippen LogP contribution in [0.4, 0.5) is 0 Å². The number of aromatic nitrogens is 2. The van der Waals surface area contributed by atoms with Crippen molar-refractivity contribution in [3.8, 4) is 0 Å². The van der Waals surface area contributed by atoms with Crippen LogP contribution in [0.1, 0.15) is 25.5 Å². The first-order valence-electron chi connectivity index (χ1n) is 7.45. The Bertz CT molecular complexity index is 593. The SMILES string of the molecule is CCN(CC)C(N)=NCC(c1ccc(Cl)cc1)n1cccn1.I. The van der Waals surface area contributed by atoms with Gasteiger partial charge in [0.25, 0.3) is 0 Å². The molecule has 0 amide bonds. The van der Waals surface area contributed by atoms with E-state index in [1.807, 2.05) is 46.1 Å². The zero-order valence-corrected chi connectivity index (χ0v) is 16.5. The summed E-state index contributed by atoms with van der Waals surface area (Å²) in [6, 6.07) is 9.66. The average molecular weight is 448 g/mol. The van der Waals surface area contributed by atoms with Crippen LogP contribution in [0.3, 0.4) is 0 Å². The van der Waals surface area contributed by atoms with E-state index in [-0.39, 0.29) is 30.0 Å². The summed E-state index contributed by atoms with van der Waals surface area (Å²) >= 11 is 5.97. The summed E-state index contributed by atoms with van der Waals surface area (Å²) in [5.74, 6) is 0.566. The van der Waals surface area contributed by atoms with Crippen molar-refractivity contribution >= 4 is 41.5 Å². The molecule has 0 fully saturated rings. The molecule has 0 bridgehead atoms. The Morgan fingerprint density at radius 3 is 2.48 bits per heavy atom. The molecule has 0 aliphatic carbocycles. The minimum absolute atomic E-state index is 0. The third-order valence-electron chi connectivity index (χ3n) is 3.61. The van der Waals surface area contributed by atoms with Crippen molar-refractivity contribution in [3.05, 3.63) is 53.3 Å². The maximum absolute atomic E-state index is 6.07. The fourth-order valence-corrected chi connectivity index (χ4v) is 2.45. The zero-order chi connectivity index (χ0) is 15.9. The Morgan fingerprint density at radius 1 is 1.30 bits per heavy atom. The van der Waals surface area contributed by atoms with E-state index in [2.05, 4.69) is 23.9 Å². The minimum atomic E-state index is 0. The lowest BCUT2D eigenvalue weighted by Crippen LogP contribution is -2.37. The van der Waals surface area contributed by atoms with Crippen molar-refractivity contribution in [1.29, 1.82) is 0 Å². The molecule has 23 heavy (non-hydrogen) atoms. The van der Waals surface area contributed by atoms with Gasteiger partial charge in [-0.25, -0.2) is 0 Å². The van der Waals surface area contributed by atoms with Crippen molar-refractivity contribution < 1.29 is 0 Å². The summed E-state index contributed by atoms with van der Waals surface area (Å²) in [7, 11) is 0. The van der Waals surface area contributed by atoms with Crippen molar-refractivity contribution in [1.82, 2.24) is 14.7 Å². The lowest BCUT2D eigenvalue weighted by Gasteiger charge is -2.21. The van der Waals surface area contributed by atoms with Crippen molar-refractivity contribution in [3.63, 3.8) is 0 Å². The molecule has 126 valence electrons. The molecule has 0 saturated heterocycles. The monoisotopic (exact) mass is 447 g/mol. The molecule has 0 spiro atoms. The van der Waals surface area contributed by atoms with Gasteiger partial charge >= 0.3 is 0 Å². The highest BCUT2D eigenvalue weighted by Gasteiger charge is 2.14. The van der Waals surface area contributed by atoms with Gasteiger partial charge in [-0.3, -0.25) is 9.67 Å². The lowest BCUT2D eigenvalue weighted by molar-refractivity contribution is 0.453. The predicted octanol–water partition coefficient (Wildman–Crippen LogP) is 3.40. The van der Waals surface area contributed by atoms with Gasteiger partial charge < -0.3 is 10.6 Å². The first kappa shape index (κ1) is 19.8. The molecule has 2 N–H and O–H groups in total. The first-order chi connectivity index (χ1) is 10.7. The van der Waals surface area contributed by atoms with Crippen LogP contribution in [0.2, 0.25) is 5.02 Å². The molecule has 1 unspecified atom stereocenters. The van der Waals surface area contributed by atoms with E-state index in [0.717, 1.165) is 18.7 Å². The van der Waals surface area contributed by atoms with E-state index in [9.17, 15) is 0 Å². The molecule has 1 aromatic carbocycles. The molecular formula is C16H23ClIN5. The minimum Gasteiger partial charge on any atom is -0.370 e. The van der Waals surface area contributed by atoms with Gasteiger partial charge in [-0.05, 0) is 37.6 Å². The summed E-state index contributed by atoms with van der Waals surface area (Å²) in [4.78, 5) is 6.58. The van der Waals surface area contributed by atoms with Gasteiger partial charge in [0.05, 0.1) is 12.6 Å². The van der Waals surface area contributed by atoms with E-state index in [1.165, 1.54) is 0 Å². The van der Waals surface area contributed by atoms with Crippen molar-refractivity contribution in [2.75, 3.05) is 19.6 Å². The molecule has 7 heteroatoms. The van der Waals surface area contributed by atoms with Gasteiger partial charge in [0.1, 0.15) is 0 Å². The standard InChI is InChI=1S/C16H22ClN5.HI/c1-3-21(4-2)16(18)19-12-15(22-11-5-10-20-22)13-6-8-14(17)9-7-13;/h5-11,15H,3-4,12H2,1-2H3,(H2,18,19);1H. The quantitative estimate of drug-likeness (QED) is 0.419. The van der Waals surface area contributed by atoms with Crippen LogP contribution in [-0.2, 0) is 0 Å². The number of hydrogen-bond donors (Lipinski definition) is 1. The molecule has 0 saturated carbocycles. The van der Waals surface area contributed by atoms with Crippen molar-refractivity contribution in [2.45, 2.75) is 19.9 Å². The highest BCUT2D eigenvalue weighted by Crippen LogP contribution is 2.20. The molecule has 2 rings (SSSR count). The normalized spacial score (nSPS) is 12.6. The highest BCUT2D eigenvalue weighted by atomic mass is 127. The average Bonchev–Trinajstić information content (AvgIpc) is 3.04. The van der Waals surface area contributed by atoms with E-state index < -0.39 is 0 Å². The number of nitrogens with zero attached hydrogens (tertiary/aromatic N) is 4. The Hall–Kier alpha value is -1.28. The second kappa shape index (κ2) is 9.77. The van der Waals surface area contributed by atoms with Crippen LogP contribution in [0.25, 0.3) is 0 Å². The van der Waals surface area contributed by atoms with Gasteiger partial charge in [0.2, 0.25) is 0 Å². The molecule has 1 atom stereocenters. The number of hydrogen-bond acceptors (Lipinski definition) is 2. The maximum atomic E-state index is 6.07. The second-order valence-electron chi connectivity index (χ2n) is 4.92. The Balaban J connectivity index is 0.00000264. The number of aliphatic imine (C=N–C) groups is 1. The van der Waals surface area contributed by atoms with Crippen LogP contribution in [0, 0.1) is 0 Å². The summed E-state index contributed by atoms with van der Waals surface area (Å²) in [6.07, 6.45) is 3.70. The number of rotatable bonds is 6. The topological polar surface area (TPSA) is 59.4 Å². The number of benzene rings is 1. The third-order valence-corrected chi connectivity index (χ3v) is 3.86. The summed E-state index contributed by atoms with van der Waals surface area (Å²) in [5, 5.41) is 5.06. The number of nitrogens with two attached hydrogens (primary N) is 1. The molecule has 1 heterocycles. The van der Waals surface area contributed by atoms with Crippen LogP contribution in [-0.4, -0.2) is 40.3 Å². The van der Waals surface area contributed by atoms with E-state index in [1.54, 1.807) is 6.20 Å². The molecule has 0 aliphatic rings. The Kier molecular flexibility index (Phi) is 8.40. The van der Waals surface area contributed by atoms with Crippen LogP contribution in [0.5, 0.6) is 0 Å². The molecule has 0 radical (unpaired) electrons. The van der Waals surface area contributed by atoms with E-state index >= 15 is 0 Å². The van der Waals surface area contributed by atoms with Gasteiger partial charge in [-0.15, -0.1) is 24.0 Å². The summed E-state index contributed by atoms with van der Waals surface area (Å²) in [5.41, 5.74) is 7.17. The molecule has 2 aromatic rings. The summed E-state index contributed by atoms with van der Waals surface area (Å²) < 4.78 is 1.89.